The van der Waals surface area contributed by atoms with Crippen LogP contribution in [0.1, 0.15) is 45.1 Å². The molecule has 0 saturated heterocycles. The maximum atomic E-state index is 13.0. The maximum Gasteiger partial charge on any atom is 0.230 e. The third-order valence-corrected chi connectivity index (χ3v) is 7.34. The van der Waals surface area contributed by atoms with E-state index in [0.717, 1.165) is 24.8 Å². The number of hydrogen-bond acceptors (Lipinski definition) is 4. The van der Waals surface area contributed by atoms with Crippen molar-refractivity contribution in [3.8, 4) is 0 Å². The highest BCUT2D eigenvalue weighted by molar-refractivity contribution is 9.10. The highest BCUT2D eigenvalue weighted by Gasteiger charge is 2.39. The molecule has 1 fully saturated rings. The quantitative estimate of drug-likeness (QED) is 0.632. The zero-order valence-corrected chi connectivity index (χ0v) is 18.7. The first kappa shape index (κ1) is 21.3. The molecular weight excluding hydrogens is 444 g/mol. The second kappa shape index (κ2) is 8.53. The largest absolute Gasteiger partial charge is 0.356 e. The van der Waals surface area contributed by atoms with Crippen molar-refractivity contribution in [1.82, 2.24) is 5.32 Å². The highest BCUT2D eigenvalue weighted by atomic mass is 79.9. The Morgan fingerprint density at radius 3 is 2.64 bits per heavy atom. The van der Waals surface area contributed by atoms with Crippen LogP contribution in [0.25, 0.3) is 0 Å². The summed E-state index contributed by atoms with van der Waals surface area (Å²) in [7, 11) is -3.70. The second-order valence-electron chi connectivity index (χ2n) is 8.03. The zero-order chi connectivity index (χ0) is 20.5. The summed E-state index contributed by atoms with van der Waals surface area (Å²) in [5, 5.41) is 2.77. The van der Waals surface area contributed by atoms with Crippen LogP contribution in [-0.4, -0.2) is 39.1 Å². The van der Waals surface area contributed by atoms with Gasteiger partial charge in [-0.25, -0.2) is 8.42 Å². The molecule has 0 aromatic heterocycles. The van der Waals surface area contributed by atoms with Gasteiger partial charge in [0.05, 0.1) is 16.3 Å². The summed E-state index contributed by atoms with van der Waals surface area (Å²) in [6, 6.07) is 3.44. The van der Waals surface area contributed by atoms with Crippen LogP contribution in [-0.2, 0) is 25.8 Å². The van der Waals surface area contributed by atoms with Crippen molar-refractivity contribution in [3.05, 3.63) is 22.2 Å². The van der Waals surface area contributed by atoms with Crippen LogP contribution in [0.15, 0.2) is 21.5 Å². The number of nitrogens with one attached hydrogen (secondary N) is 1. The Bertz CT molecular complexity index is 878. The van der Waals surface area contributed by atoms with E-state index in [-0.39, 0.29) is 34.8 Å². The van der Waals surface area contributed by atoms with Crippen LogP contribution in [0.5, 0.6) is 0 Å². The van der Waals surface area contributed by atoms with Crippen molar-refractivity contribution < 1.29 is 18.0 Å². The van der Waals surface area contributed by atoms with E-state index in [1.807, 2.05) is 6.07 Å². The summed E-state index contributed by atoms with van der Waals surface area (Å²) < 4.78 is 26.8. The first-order chi connectivity index (χ1) is 13.2. The van der Waals surface area contributed by atoms with Gasteiger partial charge in [0.15, 0.2) is 9.84 Å². The second-order valence-corrected chi connectivity index (χ2v) is 11.0. The van der Waals surface area contributed by atoms with Crippen LogP contribution in [0.4, 0.5) is 5.69 Å². The Kier molecular flexibility index (Phi) is 6.49. The molecule has 2 amide bonds. The van der Waals surface area contributed by atoms with E-state index in [4.69, 9.17) is 0 Å². The van der Waals surface area contributed by atoms with Gasteiger partial charge in [-0.2, -0.15) is 0 Å². The molecule has 0 bridgehead atoms. The van der Waals surface area contributed by atoms with Gasteiger partial charge in [-0.05, 0) is 49.3 Å². The Morgan fingerprint density at radius 1 is 1.29 bits per heavy atom. The number of hydrogen-bond donors (Lipinski definition) is 1. The lowest BCUT2D eigenvalue weighted by atomic mass is 10.1. The SMILES string of the molecule is CC(C)CCNC(=O)CCS(=O)(=O)c1cc(Br)cc2c1N(C(=O)C1CC1)CC2. The van der Waals surface area contributed by atoms with Crippen LogP contribution in [0.3, 0.4) is 0 Å². The van der Waals surface area contributed by atoms with Crippen molar-refractivity contribution in [2.75, 3.05) is 23.7 Å². The van der Waals surface area contributed by atoms with Crippen LogP contribution in [0.2, 0.25) is 0 Å². The fraction of sp³-hybridized carbons (Fsp3) is 0.600. The van der Waals surface area contributed by atoms with Gasteiger partial charge in [0.25, 0.3) is 0 Å². The van der Waals surface area contributed by atoms with Gasteiger partial charge >= 0.3 is 0 Å². The molecule has 3 rings (SSSR count). The van der Waals surface area contributed by atoms with Crippen molar-refractivity contribution in [2.24, 2.45) is 11.8 Å². The molecule has 0 spiro atoms. The third kappa shape index (κ3) is 4.95. The third-order valence-electron chi connectivity index (χ3n) is 5.16. The number of carbonyl (C=O) groups excluding carboxylic acids is 2. The number of fused-ring (bicyclic) bond motifs is 1. The van der Waals surface area contributed by atoms with Gasteiger partial charge < -0.3 is 10.2 Å². The molecule has 8 heteroatoms. The average molecular weight is 471 g/mol. The lowest BCUT2D eigenvalue weighted by molar-refractivity contribution is -0.121. The predicted molar refractivity (Wildman–Crippen MR) is 112 cm³/mol. The van der Waals surface area contributed by atoms with E-state index in [1.165, 1.54) is 0 Å². The summed E-state index contributed by atoms with van der Waals surface area (Å²) in [5.74, 6) is -0.0135. The molecule has 6 nitrogen and oxygen atoms in total. The number of rotatable bonds is 8. The number of nitrogens with zero attached hydrogens (tertiary/aromatic N) is 1. The molecule has 0 radical (unpaired) electrons. The van der Waals surface area contributed by atoms with Gasteiger partial charge in [-0.15, -0.1) is 0 Å². The monoisotopic (exact) mass is 470 g/mol. The molecule has 154 valence electrons. The lowest BCUT2D eigenvalue weighted by Crippen LogP contribution is -2.32. The Labute approximate surface area is 175 Å². The summed E-state index contributed by atoms with van der Waals surface area (Å²) in [5.41, 5.74) is 1.38. The molecule has 2 aliphatic rings. The number of benzene rings is 1. The Morgan fingerprint density at radius 2 is 2.00 bits per heavy atom. The van der Waals surface area contributed by atoms with E-state index in [2.05, 4.69) is 35.1 Å². The fourth-order valence-corrected chi connectivity index (χ4v) is 5.58. The molecule has 28 heavy (non-hydrogen) atoms. The van der Waals surface area contributed by atoms with Crippen molar-refractivity contribution in [1.29, 1.82) is 0 Å². The topological polar surface area (TPSA) is 83.6 Å². The first-order valence-electron chi connectivity index (χ1n) is 9.82. The number of halogens is 1. The van der Waals surface area contributed by atoms with E-state index < -0.39 is 9.84 Å². The normalized spacial score (nSPS) is 16.4. The fourth-order valence-electron chi connectivity index (χ4n) is 3.40. The summed E-state index contributed by atoms with van der Waals surface area (Å²) >= 11 is 3.39. The average Bonchev–Trinajstić information content (AvgIpc) is 3.38. The number of anilines is 1. The van der Waals surface area contributed by atoms with Crippen LogP contribution < -0.4 is 10.2 Å². The van der Waals surface area contributed by atoms with Gasteiger partial charge in [0.2, 0.25) is 11.8 Å². The summed E-state index contributed by atoms with van der Waals surface area (Å²) in [6.45, 7) is 5.20. The smallest absolute Gasteiger partial charge is 0.230 e. The number of carbonyl (C=O) groups is 2. The molecule has 1 N–H and O–H groups in total. The minimum absolute atomic E-state index is 0.0175. The van der Waals surface area contributed by atoms with Crippen molar-refractivity contribution >= 4 is 43.3 Å². The molecule has 0 atom stereocenters. The van der Waals surface area contributed by atoms with Gasteiger partial charge in [-0.3, -0.25) is 9.59 Å². The van der Waals surface area contributed by atoms with E-state index >= 15 is 0 Å². The van der Waals surface area contributed by atoms with Crippen molar-refractivity contribution in [2.45, 2.75) is 50.8 Å². The molecular formula is C20H27BrN2O4S. The molecule has 1 aliphatic heterocycles. The molecule has 1 aromatic carbocycles. The predicted octanol–water partition coefficient (Wildman–Crippen LogP) is 3.07. The van der Waals surface area contributed by atoms with Gasteiger partial charge in [-0.1, -0.05) is 29.8 Å². The standard InChI is InChI=1S/C20H27BrN2O4S/c1-13(2)5-8-22-18(24)7-10-28(26,27)17-12-16(21)11-15-6-9-23(19(15)17)20(25)14-3-4-14/h11-14H,3-10H2,1-2H3,(H,22,24). The highest BCUT2D eigenvalue weighted by Crippen LogP contribution is 2.41. The molecule has 1 heterocycles. The van der Waals surface area contributed by atoms with Gasteiger partial charge in [0, 0.05) is 29.9 Å². The number of sulfone groups is 1. The molecule has 0 unspecified atom stereocenters. The lowest BCUT2D eigenvalue weighted by Gasteiger charge is -2.20. The van der Waals surface area contributed by atoms with Crippen LogP contribution >= 0.6 is 15.9 Å². The molecule has 1 saturated carbocycles. The Balaban J connectivity index is 1.76. The van der Waals surface area contributed by atoms with Gasteiger partial charge in [0.1, 0.15) is 0 Å². The minimum Gasteiger partial charge on any atom is -0.356 e. The van der Waals surface area contributed by atoms with E-state index in [1.54, 1.807) is 11.0 Å². The molecule has 1 aromatic rings. The Hall–Kier alpha value is -1.41. The first-order valence-corrected chi connectivity index (χ1v) is 12.3. The number of amides is 2. The van der Waals surface area contributed by atoms with E-state index in [0.29, 0.717) is 35.6 Å². The minimum atomic E-state index is -3.70. The molecule has 1 aliphatic carbocycles. The maximum absolute atomic E-state index is 13.0. The van der Waals surface area contributed by atoms with E-state index in [9.17, 15) is 18.0 Å². The van der Waals surface area contributed by atoms with Crippen LogP contribution in [0, 0.1) is 11.8 Å². The summed E-state index contributed by atoms with van der Waals surface area (Å²) in [6.07, 6.45) is 3.17. The summed E-state index contributed by atoms with van der Waals surface area (Å²) in [4.78, 5) is 26.4. The zero-order valence-electron chi connectivity index (χ0n) is 16.3. The van der Waals surface area contributed by atoms with Crippen molar-refractivity contribution in [3.63, 3.8) is 0 Å².